The number of aliphatic hydroxyl groups is 1. The van der Waals surface area contributed by atoms with Crippen molar-refractivity contribution in [3.8, 4) is 0 Å². The average Bonchev–Trinajstić information content (AvgIpc) is 2.91. The summed E-state index contributed by atoms with van der Waals surface area (Å²) in [6, 6.07) is 9.17. The maximum absolute atomic E-state index is 12.6. The smallest absolute Gasteiger partial charge is 0.256 e. The Morgan fingerprint density at radius 1 is 1.35 bits per heavy atom. The van der Waals surface area contributed by atoms with Gasteiger partial charge in [0.25, 0.3) is 5.91 Å². The zero-order valence-corrected chi connectivity index (χ0v) is 11.3. The van der Waals surface area contributed by atoms with E-state index in [9.17, 15) is 9.90 Å². The Hall–Kier alpha value is -1.98. The Morgan fingerprint density at radius 3 is 2.90 bits per heavy atom. The van der Waals surface area contributed by atoms with Gasteiger partial charge in [-0.05, 0) is 12.1 Å². The topological polar surface area (TPSA) is 65.5 Å². The summed E-state index contributed by atoms with van der Waals surface area (Å²) >= 11 is 0. The first-order valence-electron chi connectivity index (χ1n) is 6.68. The van der Waals surface area contributed by atoms with Gasteiger partial charge in [-0.1, -0.05) is 18.2 Å². The lowest BCUT2D eigenvalue weighted by atomic mass is 10.1. The van der Waals surface area contributed by atoms with Gasteiger partial charge in [-0.2, -0.15) is 0 Å². The van der Waals surface area contributed by atoms with E-state index in [1.165, 1.54) is 0 Å². The molecule has 0 aliphatic carbocycles. The van der Waals surface area contributed by atoms with Crippen LogP contribution in [0, 0.1) is 0 Å². The molecule has 0 spiro atoms. The third kappa shape index (κ3) is 2.15. The highest BCUT2D eigenvalue weighted by Gasteiger charge is 2.32. The maximum Gasteiger partial charge on any atom is 0.256 e. The first-order valence-corrected chi connectivity index (χ1v) is 6.68. The van der Waals surface area contributed by atoms with Crippen molar-refractivity contribution >= 4 is 16.8 Å². The second-order valence-electron chi connectivity index (χ2n) is 5.09. The zero-order chi connectivity index (χ0) is 14.1. The van der Waals surface area contributed by atoms with Crippen LogP contribution in [-0.4, -0.2) is 53.2 Å². The highest BCUT2D eigenvalue weighted by molar-refractivity contribution is 6.05. The Balaban J connectivity index is 1.96. The fraction of sp³-hybridized carbons (Fsp3) is 0.333. The molecule has 1 amide bonds. The molecule has 0 radical (unpaired) electrons. The lowest BCUT2D eigenvalue weighted by Gasteiger charge is -2.26. The summed E-state index contributed by atoms with van der Waals surface area (Å²) in [6.07, 6.45) is 1.16. The molecule has 5 heteroatoms. The van der Waals surface area contributed by atoms with Crippen LogP contribution in [0.2, 0.25) is 0 Å². The number of pyridine rings is 1. The van der Waals surface area contributed by atoms with Crippen molar-refractivity contribution in [2.24, 2.45) is 0 Å². The number of hydrogen-bond acceptors (Lipinski definition) is 4. The van der Waals surface area contributed by atoms with Crippen molar-refractivity contribution in [1.29, 1.82) is 0 Å². The highest BCUT2D eigenvalue weighted by atomic mass is 16.3. The van der Waals surface area contributed by atoms with E-state index < -0.39 is 6.10 Å². The molecule has 3 rings (SSSR count). The van der Waals surface area contributed by atoms with Crippen LogP contribution < -0.4 is 5.32 Å². The van der Waals surface area contributed by atoms with Crippen molar-refractivity contribution in [2.45, 2.75) is 12.1 Å². The van der Waals surface area contributed by atoms with Crippen molar-refractivity contribution in [2.75, 3.05) is 20.1 Å². The number of amides is 1. The molecule has 0 unspecified atom stereocenters. The van der Waals surface area contributed by atoms with Gasteiger partial charge in [0, 0.05) is 31.7 Å². The molecule has 0 bridgehead atoms. The van der Waals surface area contributed by atoms with E-state index in [2.05, 4.69) is 10.3 Å². The number of hydrogen-bond donors (Lipinski definition) is 2. The molecule has 104 valence electrons. The number of β-amino-alcohol motifs (C(OH)–C–C–N with tert-alkyl or cyclic N) is 1. The van der Waals surface area contributed by atoms with Gasteiger partial charge in [0.05, 0.1) is 23.2 Å². The minimum Gasteiger partial charge on any atom is -0.390 e. The summed E-state index contributed by atoms with van der Waals surface area (Å²) in [6.45, 7) is 1.14. The highest BCUT2D eigenvalue weighted by Crippen LogP contribution is 2.19. The minimum atomic E-state index is -0.521. The molecule has 1 saturated heterocycles. The summed E-state index contributed by atoms with van der Waals surface area (Å²) in [7, 11) is 1.73. The Kier molecular flexibility index (Phi) is 3.38. The molecular formula is C15H17N3O2. The molecule has 1 aromatic heterocycles. The largest absolute Gasteiger partial charge is 0.390 e. The van der Waals surface area contributed by atoms with Crippen molar-refractivity contribution in [1.82, 2.24) is 15.2 Å². The quantitative estimate of drug-likeness (QED) is 0.841. The third-order valence-electron chi connectivity index (χ3n) is 3.83. The molecule has 2 aromatic rings. The summed E-state index contributed by atoms with van der Waals surface area (Å²) in [5.74, 6) is -0.109. The van der Waals surface area contributed by atoms with E-state index in [1.54, 1.807) is 24.2 Å². The SMILES string of the molecule is CN(C(=O)c1cccc2cccnc12)[C@@H]1CNC[C@H]1O. The van der Waals surface area contributed by atoms with E-state index in [0.29, 0.717) is 24.2 Å². The molecule has 20 heavy (non-hydrogen) atoms. The van der Waals surface area contributed by atoms with Gasteiger partial charge in [0.2, 0.25) is 0 Å². The normalized spacial score (nSPS) is 22.1. The Morgan fingerprint density at radius 2 is 2.15 bits per heavy atom. The molecule has 2 heterocycles. The van der Waals surface area contributed by atoms with Gasteiger partial charge in [-0.25, -0.2) is 0 Å². The van der Waals surface area contributed by atoms with Gasteiger partial charge < -0.3 is 15.3 Å². The number of fused-ring (bicyclic) bond motifs is 1. The average molecular weight is 271 g/mol. The van der Waals surface area contributed by atoms with E-state index in [-0.39, 0.29) is 11.9 Å². The third-order valence-corrected chi connectivity index (χ3v) is 3.83. The Labute approximate surface area is 117 Å². The second-order valence-corrected chi connectivity index (χ2v) is 5.09. The zero-order valence-electron chi connectivity index (χ0n) is 11.3. The molecule has 1 fully saturated rings. The number of nitrogens with zero attached hydrogens (tertiary/aromatic N) is 2. The van der Waals surface area contributed by atoms with Gasteiger partial charge in [0.1, 0.15) is 0 Å². The van der Waals surface area contributed by atoms with Crippen molar-refractivity contribution < 1.29 is 9.90 Å². The van der Waals surface area contributed by atoms with E-state index in [0.717, 1.165) is 5.39 Å². The van der Waals surface area contributed by atoms with Gasteiger partial charge >= 0.3 is 0 Å². The van der Waals surface area contributed by atoms with Crippen molar-refractivity contribution in [3.63, 3.8) is 0 Å². The van der Waals surface area contributed by atoms with Gasteiger partial charge in [-0.15, -0.1) is 0 Å². The fourth-order valence-electron chi connectivity index (χ4n) is 2.66. The van der Waals surface area contributed by atoms with Gasteiger partial charge in [0.15, 0.2) is 0 Å². The molecule has 2 atom stereocenters. The van der Waals surface area contributed by atoms with Crippen LogP contribution in [0.3, 0.4) is 0 Å². The summed E-state index contributed by atoms with van der Waals surface area (Å²) < 4.78 is 0. The lowest BCUT2D eigenvalue weighted by Crippen LogP contribution is -2.44. The van der Waals surface area contributed by atoms with Crippen LogP contribution in [0.1, 0.15) is 10.4 Å². The summed E-state index contributed by atoms with van der Waals surface area (Å²) in [5.41, 5.74) is 1.27. The number of para-hydroxylation sites is 1. The number of aromatic nitrogens is 1. The van der Waals surface area contributed by atoms with Crippen LogP contribution >= 0.6 is 0 Å². The number of carbonyl (C=O) groups excluding carboxylic acids is 1. The molecular weight excluding hydrogens is 254 g/mol. The van der Waals surface area contributed by atoms with Crippen LogP contribution in [0.15, 0.2) is 36.5 Å². The monoisotopic (exact) mass is 271 g/mol. The molecule has 0 saturated carbocycles. The van der Waals surface area contributed by atoms with Crippen LogP contribution in [-0.2, 0) is 0 Å². The van der Waals surface area contributed by atoms with E-state index in [4.69, 9.17) is 0 Å². The standard InChI is InChI=1S/C15H17N3O2/c1-18(12-8-16-9-13(12)19)15(20)11-6-2-4-10-5-3-7-17-14(10)11/h2-7,12-13,16,19H,8-9H2,1H3/t12-,13-/m1/s1. The molecule has 1 aliphatic heterocycles. The fourth-order valence-corrected chi connectivity index (χ4v) is 2.66. The van der Waals surface area contributed by atoms with Gasteiger partial charge in [-0.3, -0.25) is 9.78 Å². The number of benzene rings is 1. The van der Waals surface area contributed by atoms with Crippen molar-refractivity contribution in [3.05, 3.63) is 42.1 Å². The minimum absolute atomic E-state index is 0.109. The molecule has 1 aliphatic rings. The number of likely N-dealkylation sites (N-methyl/N-ethyl adjacent to an activating group) is 1. The lowest BCUT2D eigenvalue weighted by molar-refractivity contribution is 0.0583. The van der Waals surface area contributed by atoms with E-state index in [1.807, 2.05) is 24.3 Å². The maximum atomic E-state index is 12.6. The van der Waals surface area contributed by atoms with E-state index >= 15 is 0 Å². The Bertz CT molecular complexity index is 639. The molecule has 1 aromatic carbocycles. The molecule has 5 nitrogen and oxygen atoms in total. The summed E-state index contributed by atoms with van der Waals surface area (Å²) in [5, 5.41) is 13.9. The second kappa shape index (κ2) is 5.19. The number of rotatable bonds is 2. The van der Waals surface area contributed by atoms with Crippen LogP contribution in [0.5, 0.6) is 0 Å². The number of nitrogens with one attached hydrogen (secondary N) is 1. The summed E-state index contributed by atoms with van der Waals surface area (Å²) in [4.78, 5) is 18.5. The van der Waals surface area contributed by atoms with Crippen LogP contribution in [0.25, 0.3) is 10.9 Å². The predicted octanol–water partition coefficient (Wildman–Crippen LogP) is 0.639. The first-order chi connectivity index (χ1) is 9.68. The van der Waals surface area contributed by atoms with Crippen LogP contribution in [0.4, 0.5) is 0 Å². The first kappa shape index (κ1) is 13.0. The molecule has 2 N–H and O–H groups in total. The number of aliphatic hydroxyl groups excluding tert-OH is 1. The predicted molar refractivity (Wildman–Crippen MR) is 76.5 cm³/mol. The number of carbonyl (C=O) groups is 1.